The van der Waals surface area contributed by atoms with Crippen LogP contribution in [0.5, 0.6) is 0 Å². The molecule has 1 amide bonds. The van der Waals surface area contributed by atoms with Gasteiger partial charge in [0.2, 0.25) is 0 Å². The standard InChI is InChI=1S/C38H34N2O6S/c1-45-37(43)31(19-23-20-39-33-18-10-9-11-24(23)33)35(41)29-16-7-8-17-30(29)36(42)34(22-47-2)40-38(44)46-21-32-27-14-5-3-12-25(27)26-13-4-6-15-28(26)32/h3-18,20,31-32,34,39H,19,21-22H2,1-2H3,(H,40,44)/t31-,34-/m0/s1. The van der Waals surface area contributed by atoms with E-state index in [1.807, 2.05) is 66.9 Å². The van der Waals surface area contributed by atoms with Crippen LogP contribution in [0.3, 0.4) is 0 Å². The largest absolute Gasteiger partial charge is 0.468 e. The first kappa shape index (κ1) is 31.8. The van der Waals surface area contributed by atoms with E-state index in [0.717, 1.165) is 38.7 Å². The number of carbonyl (C=O) groups is 4. The van der Waals surface area contributed by atoms with Crippen molar-refractivity contribution in [2.24, 2.45) is 5.92 Å². The number of Topliss-reactive ketones (excluding diaryl/α,β-unsaturated/α-hetero) is 2. The summed E-state index contributed by atoms with van der Waals surface area (Å²) in [7, 11) is 1.24. The van der Waals surface area contributed by atoms with Gasteiger partial charge in [0.1, 0.15) is 18.6 Å². The van der Waals surface area contributed by atoms with E-state index in [1.54, 1.807) is 24.4 Å². The van der Waals surface area contributed by atoms with Crippen LogP contribution < -0.4 is 5.32 Å². The van der Waals surface area contributed by atoms with Gasteiger partial charge in [-0.3, -0.25) is 14.4 Å². The lowest BCUT2D eigenvalue weighted by Crippen LogP contribution is -2.44. The minimum Gasteiger partial charge on any atom is -0.468 e. The number of nitrogens with one attached hydrogen (secondary N) is 2. The zero-order chi connectivity index (χ0) is 32.9. The number of aromatic nitrogens is 1. The zero-order valence-electron chi connectivity index (χ0n) is 26.0. The Kier molecular flexibility index (Phi) is 9.54. The van der Waals surface area contributed by atoms with Gasteiger partial charge in [-0.05, 0) is 46.6 Å². The molecule has 5 aromatic rings. The van der Waals surface area contributed by atoms with Gasteiger partial charge in [-0.15, -0.1) is 0 Å². The summed E-state index contributed by atoms with van der Waals surface area (Å²) in [4.78, 5) is 57.3. The Labute approximate surface area is 276 Å². The van der Waals surface area contributed by atoms with Gasteiger partial charge in [-0.25, -0.2) is 4.79 Å². The van der Waals surface area contributed by atoms with E-state index >= 15 is 0 Å². The molecule has 0 fully saturated rings. The number of hydrogen-bond acceptors (Lipinski definition) is 7. The molecule has 2 atom stereocenters. The average molecular weight is 647 g/mol. The predicted octanol–water partition coefficient (Wildman–Crippen LogP) is 6.84. The number of para-hydroxylation sites is 1. The van der Waals surface area contributed by atoms with Crippen molar-refractivity contribution >= 4 is 46.3 Å². The van der Waals surface area contributed by atoms with Crippen LogP contribution >= 0.6 is 11.8 Å². The topological polar surface area (TPSA) is 115 Å². The number of methoxy groups -OCH3 is 1. The Morgan fingerprint density at radius 2 is 1.40 bits per heavy atom. The van der Waals surface area contributed by atoms with E-state index in [9.17, 15) is 19.2 Å². The maximum absolute atomic E-state index is 14.0. The maximum atomic E-state index is 14.0. The third kappa shape index (κ3) is 6.44. The Morgan fingerprint density at radius 3 is 2.06 bits per heavy atom. The van der Waals surface area contributed by atoms with Crippen molar-refractivity contribution in [2.75, 3.05) is 25.7 Å². The highest BCUT2D eigenvalue weighted by atomic mass is 32.2. The number of alkyl carbamates (subject to hydrolysis) is 1. The molecule has 2 N–H and O–H groups in total. The molecule has 4 aromatic carbocycles. The lowest BCUT2D eigenvalue weighted by Gasteiger charge is -2.20. The van der Waals surface area contributed by atoms with E-state index in [0.29, 0.717) is 0 Å². The molecule has 1 aliphatic carbocycles. The maximum Gasteiger partial charge on any atom is 0.407 e. The number of benzene rings is 4. The summed E-state index contributed by atoms with van der Waals surface area (Å²) < 4.78 is 10.8. The summed E-state index contributed by atoms with van der Waals surface area (Å²) in [5.74, 6) is -2.74. The fraction of sp³-hybridized carbons (Fsp3) is 0.211. The molecule has 0 radical (unpaired) electrons. The minimum atomic E-state index is -1.18. The van der Waals surface area contributed by atoms with Crippen LogP contribution in [0.4, 0.5) is 4.79 Å². The molecule has 1 aromatic heterocycles. The quantitative estimate of drug-likeness (QED) is 0.0867. The van der Waals surface area contributed by atoms with Crippen molar-refractivity contribution in [1.29, 1.82) is 0 Å². The van der Waals surface area contributed by atoms with Gasteiger partial charge in [0.25, 0.3) is 0 Å². The Morgan fingerprint density at radius 1 is 0.809 bits per heavy atom. The van der Waals surface area contributed by atoms with Crippen molar-refractivity contribution < 1.29 is 28.7 Å². The number of hydrogen-bond donors (Lipinski definition) is 2. The molecule has 0 saturated heterocycles. The molecule has 0 saturated carbocycles. The third-order valence-electron chi connectivity index (χ3n) is 8.64. The second-order valence-corrected chi connectivity index (χ2v) is 12.3. The first-order valence-electron chi connectivity index (χ1n) is 15.3. The third-order valence-corrected chi connectivity index (χ3v) is 9.31. The predicted molar refractivity (Wildman–Crippen MR) is 183 cm³/mol. The fourth-order valence-corrected chi connectivity index (χ4v) is 6.93. The van der Waals surface area contributed by atoms with Gasteiger partial charge in [0, 0.05) is 39.9 Å². The molecule has 0 bridgehead atoms. The highest BCUT2D eigenvalue weighted by Gasteiger charge is 2.34. The number of aromatic amines is 1. The van der Waals surface area contributed by atoms with E-state index in [4.69, 9.17) is 9.47 Å². The van der Waals surface area contributed by atoms with Crippen molar-refractivity contribution in [3.63, 3.8) is 0 Å². The summed E-state index contributed by atoms with van der Waals surface area (Å²) in [6.07, 6.45) is 2.96. The van der Waals surface area contributed by atoms with Crippen LogP contribution in [0.15, 0.2) is 103 Å². The second-order valence-electron chi connectivity index (χ2n) is 11.4. The molecular formula is C38H34N2O6S. The first-order valence-corrected chi connectivity index (χ1v) is 16.7. The molecule has 0 unspecified atom stereocenters. The van der Waals surface area contributed by atoms with Gasteiger partial charge in [-0.2, -0.15) is 11.8 Å². The Bertz CT molecular complexity index is 1920. The lowest BCUT2D eigenvalue weighted by molar-refractivity contribution is -0.143. The van der Waals surface area contributed by atoms with Crippen LogP contribution in [0.2, 0.25) is 0 Å². The molecule has 6 rings (SSSR count). The normalized spacial score (nSPS) is 13.3. The lowest BCUT2D eigenvalue weighted by atomic mass is 9.87. The van der Waals surface area contributed by atoms with Crippen LogP contribution in [-0.4, -0.2) is 60.4 Å². The molecule has 0 spiro atoms. The van der Waals surface area contributed by atoms with Gasteiger partial charge in [0.15, 0.2) is 11.6 Å². The molecule has 47 heavy (non-hydrogen) atoms. The summed E-state index contributed by atoms with van der Waals surface area (Å²) in [5.41, 5.74) is 6.26. The average Bonchev–Trinajstić information content (AvgIpc) is 3.67. The molecule has 1 aliphatic rings. The van der Waals surface area contributed by atoms with Crippen molar-refractivity contribution in [3.05, 3.63) is 131 Å². The van der Waals surface area contributed by atoms with Crippen molar-refractivity contribution in [2.45, 2.75) is 18.4 Å². The molecular weight excluding hydrogens is 612 g/mol. The van der Waals surface area contributed by atoms with Gasteiger partial charge < -0.3 is 19.8 Å². The molecule has 8 nitrogen and oxygen atoms in total. The summed E-state index contributed by atoms with van der Waals surface area (Å²) >= 11 is 1.38. The highest BCUT2D eigenvalue weighted by Crippen LogP contribution is 2.44. The monoisotopic (exact) mass is 646 g/mol. The SMILES string of the molecule is COC(=O)[C@@H](Cc1c[nH]c2ccccc12)C(=O)c1ccccc1C(=O)[C@H](CSC)NC(=O)OCC1c2ccccc2-c2ccccc21. The number of H-pyrrole nitrogens is 1. The van der Waals surface area contributed by atoms with E-state index in [1.165, 1.54) is 24.9 Å². The van der Waals surface area contributed by atoms with Crippen LogP contribution in [0.25, 0.3) is 22.0 Å². The van der Waals surface area contributed by atoms with E-state index in [2.05, 4.69) is 22.4 Å². The number of carbonyl (C=O) groups excluding carboxylic acids is 4. The minimum absolute atomic E-state index is 0.0876. The summed E-state index contributed by atoms with van der Waals surface area (Å²) in [6, 6.07) is 29.1. The summed E-state index contributed by atoms with van der Waals surface area (Å²) in [5, 5.41) is 3.63. The van der Waals surface area contributed by atoms with Gasteiger partial charge >= 0.3 is 12.1 Å². The number of esters is 1. The van der Waals surface area contributed by atoms with Crippen LogP contribution in [-0.2, 0) is 20.7 Å². The van der Waals surface area contributed by atoms with Crippen LogP contribution in [0.1, 0.15) is 43.3 Å². The molecule has 0 aliphatic heterocycles. The Balaban J connectivity index is 1.20. The number of amides is 1. The fourth-order valence-electron chi connectivity index (χ4n) is 6.37. The zero-order valence-corrected chi connectivity index (χ0v) is 26.8. The molecule has 9 heteroatoms. The first-order chi connectivity index (χ1) is 22.9. The van der Waals surface area contributed by atoms with E-state index in [-0.39, 0.29) is 35.8 Å². The van der Waals surface area contributed by atoms with Crippen molar-refractivity contribution in [1.82, 2.24) is 10.3 Å². The Hall–Kier alpha value is -5.15. The molecule has 238 valence electrons. The van der Waals surface area contributed by atoms with Gasteiger partial charge in [-0.1, -0.05) is 91.0 Å². The van der Waals surface area contributed by atoms with Gasteiger partial charge in [0.05, 0.1) is 7.11 Å². The molecule has 1 heterocycles. The smallest absolute Gasteiger partial charge is 0.407 e. The van der Waals surface area contributed by atoms with Crippen molar-refractivity contribution in [3.8, 4) is 11.1 Å². The van der Waals surface area contributed by atoms with E-state index < -0.39 is 35.6 Å². The highest BCUT2D eigenvalue weighted by molar-refractivity contribution is 7.98. The van der Waals surface area contributed by atoms with Crippen LogP contribution in [0, 0.1) is 5.92 Å². The number of thioether (sulfide) groups is 1. The number of ketones is 2. The second kappa shape index (κ2) is 14.1. The summed E-state index contributed by atoms with van der Waals surface area (Å²) in [6.45, 7) is 0.101. The number of rotatable bonds is 12. The number of ether oxygens (including phenoxy) is 2. The number of fused-ring (bicyclic) bond motifs is 4.